The van der Waals surface area contributed by atoms with Gasteiger partial charge in [-0.2, -0.15) is 0 Å². The highest BCUT2D eigenvalue weighted by Gasteiger charge is 2.33. The van der Waals surface area contributed by atoms with E-state index in [0.717, 1.165) is 60.5 Å². The van der Waals surface area contributed by atoms with Crippen LogP contribution < -0.4 is 10.2 Å². The Morgan fingerprint density at radius 1 is 1.13 bits per heavy atom. The molecule has 0 spiro atoms. The summed E-state index contributed by atoms with van der Waals surface area (Å²) >= 11 is 0. The summed E-state index contributed by atoms with van der Waals surface area (Å²) in [6.07, 6.45) is 5.75. The van der Waals surface area contributed by atoms with Crippen molar-refractivity contribution in [3.05, 3.63) is 41.5 Å². The number of carbonyl (C=O) groups excluding carboxylic acids is 1. The molecule has 0 radical (unpaired) electrons. The van der Waals surface area contributed by atoms with Crippen LogP contribution in [0.4, 0.5) is 11.4 Å². The highest BCUT2D eigenvalue weighted by molar-refractivity contribution is 6.28. The molecule has 3 aromatic rings. The lowest BCUT2D eigenvalue weighted by atomic mass is 9.86. The zero-order valence-corrected chi connectivity index (χ0v) is 18.1. The molecule has 1 aliphatic heterocycles. The van der Waals surface area contributed by atoms with Crippen LogP contribution in [0.25, 0.3) is 22.2 Å². The fraction of sp³-hybridized carbons (Fsp3) is 0.440. The molecule has 1 fully saturated rings. The van der Waals surface area contributed by atoms with Crippen LogP contribution >= 0.6 is 0 Å². The SMILES string of the molecule is CCOCCCNc1cc(N2CCCCCC2)c2noc3c2c1C(=O)c1ccccc1-3. The van der Waals surface area contributed by atoms with Crippen molar-refractivity contribution >= 4 is 28.1 Å². The van der Waals surface area contributed by atoms with Gasteiger partial charge in [0.15, 0.2) is 11.5 Å². The second-order valence-corrected chi connectivity index (χ2v) is 8.31. The maximum absolute atomic E-state index is 13.5. The van der Waals surface area contributed by atoms with Gasteiger partial charge in [-0.25, -0.2) is 0 Å². The molecule has 2 aromatic carbocycles. The van der Waals surface area contributed by atoms with E-state index in [4.69, 9.17) is 9.26 Å². The van der Waals surface area contributed by atoms with E-state index < -0.39 is 0 Å². The standard InChI is InChI=1S/C25H29N3O3/c1-2-30-15-9-12-26-19-16-20(28-13-7-3-4-8-14-28)23-22-21(19)24(29)17-10-5-6-11-18(17)25(22)31-27-23/h5-6,10-11,16,26H,2-4,7-9,12-15H2,1H3. The van der Waals surface area contributed by atoms with Gasteiger partial charge in [-0.1, -0.05) is 42.3 Å². The summed E-state index contributed by atoms with van der Waals surface area (Å²) in [5.74, 6) is 0.736. The lowest BCUT2D eigenvalue weighted by Gasteiger charge is -2.26. The average Bonchev–Trinajstić information content (AvgIpc) is 3.05. The van der Waals surface area contributed by atoms with Crippen LogP contribution in [-0.4, -0.2) is 43.8 Å². The van der Waals surface area contributed by atoms with Gasteiger partial charge in [0.1, 0.15) is 5.52 Å². The number of anilines is 2. The van der Waals surface area contributed by atoms with Crippen LogP contribution in [0.5, 0.6) is 0 Å². The number of rotatable bonds is 7. The minimum absolute atomic E-state index is 0.0334. The molecule has 6 nitrogen and oxygen atoms in total. The van der Waals surface area contributed by atoms with Crippen LogP contribution in [0.3, 0.4) is 0 Å². The van der Waals surface area contributed by atoms with Gasteiger partial charge in [-0.15, -0.1) is 0 Å². The normalized spacial score (nSPS) is 15.8. The average molecular weight is 420 g/mol. The highest BCUT2D eigenvalue weighted by atomic mass is 16.5. The number of carbonyl (C=O) groups is 1. The van der Waals surface area contributed by atoms with Crippen molar-refractivity contribution in [2.24, 2.45) is 0 Å². The second-order valence-electron chi connectivity index (χ2n) is 8.31. The highest BCUT2D eigenvalue weighted by Crippen LogP contribution is 2.46. The van der Waals surface area contributed by atoms with E-state index in [0.29, 0.717) is 23.5 Å². The molecule has 162 valence electrons. The van der Waals surface area contributed by atoms with Gasteiger partial charge >= 0.3 is 0 Å². The van der Waals surface area contributed by atoms with Gasteiger partial charge in [-0.05, 0) is 32.3 Å². The molecule has 1 N–H and O–H groups in total. The summed E-state index contributed by atoms with van der Waals surface area (Å²) < 4.78 is 11.3. The summed E-state index contributed by atoms with van der Waals surface area (Å²) in [5, 5.41) is 8.85. The Bertz CT molecular complexity index is 1100. The summed E-state index contributed by atoms with van der Waals surface area (Å²) in [4.78, 5) is 16.0. The molecule has 0 atom stereocenters. The monoisotopic (exact) mass is 419 g/mol. The van der Waals surface area contributed by atoms with Crippen LogP contribution in [0, 0.1) is 0 Å². The predicted octanol–water partition coefficient (Wildman–Crippen LogP) is 5.26. The number of aromatic nitrogens is 1. The van der Waals surface area contributed by atoms with Gasteiger partial charge in [-0.3, -0.25) is 4.79 Å². The fourth-order valence-corrected chi connectivity index (χ4v) is 4.78. The van der Waals surface area contributed by atoms with Gasteiger partial charge in [0.25, 0.3) is 0 Å². The summed E-state index contributed by atoms with van der Waals surface area (Å²) in [5.41, 5.74) is 4.92. The Labute approximate surface area is 182 Å². The molecule has 6 heteroatoms. The lowest BCUT2D eigenvalue weighted by molar-refractivity contribution is 0.104. The number of hydrogen-bond acceptors (Lipinski definition) is 6. The first kappa shape index (κ1) is 20.1. The lowest BCUT2D eigenvalue weighted by Crippen LogP contribution is -2.25. The van der Waals surface area contributed by atoms with Crippen LogP contribution in [0.15, 0.2) is 34.9 Å². The van der Waals surface area contributed by atoms with Crippen molar-refractivity contribution in [3.8, 4) is 11.3 Å². The van der Waals surface area contributed by atoms with E-state index in [1.165, 1.54) is 25.7 Å². The molecular weight excluding hydrogens is 390 g/mol. The first-order chi connectivity index (χ1) is 15.3. The molecule has 1 aliphatic carbocycles. The number of ether oxygens (including phenoxy) is 1. The maximum Gasteiger partial charge on any atom is 0.196 e. The van der Waals surface area contributed by atoms with Crippen molar-refractivity contribution in [1.29, 1.82) is 0 Å². The third kappa shape index (κ3) is 3.59. The molecule has 5 rings (SSSR count). The molecule has 1 saturated heterocycles. The first-order valence-electron chi connectivity index (χ1n) is 11.5. The largest absolute Gasteiger partial charge is 0.384 e. The van der Waals surface area contributed by atoms with Crippen molar-refractivity contribution in [3.63, 3.8) is 0 Å². The van der Waals surface area contributed by atoms with Crippen LogP contribution in [0.1, 0.15) is 54.9 Å². The number of nitrogens with zero attached hydrogens (tertiary/aromatic N) is 2. The minimum atomic E-state index is 0.0334. The smallest absolute Gasteiger partial charge is 0.196 e. The summed E-state index contributed by atoms with van der Waals surface area (Å²) in [6, 6.07) is 9.77. The fourth-order valence-electron chi connectivity index (χ4n) is 4.78. The third-order valence-corrected chi connectivity index (χ3v) is 6.31. The Kier molecular flexibility index (Phi) is 5.64. The van der Waals surface area contributed by atoms with Gasteiger partial charge in [0, 0.05) is 49.7 Å². The maximum atomic E-state index is 13.5. The Morgan fingerprint density at radius 3 is 2.68 bits per heavy atom. The van der Waals surface area contributed by atoms with E-state index in [-0.39, 0.29) is 5.78 Å². The minimum Gasteiger partial charge on any atom is -0.384 e. The van der Waals surface area contributed by atoms with E-state index in [2.05, 4.69) is 21.4 Å². The number of fused-ring (bicyclic) bond motifs is 2. The second kappa shape index (κ2) is 8.71. The van der Waals surface area contributed by atoms with E-state index in [1.807, 2.05) is 31.2 Å². The number of benzene rings is 2. The van der Waals surface area contributed by atoms with Gasteiger partial charge in [0.05, 0.1) is 16.6 Å². The Morgan fingerprint density at radius 2 is 1.90 bits per heavy atom. The van der Waals surface area contributed by atoms with Crippen molar-refractivity contribution in [2.45, 2.75) is 39.0 Å². The Hall–Kier alpha value is -2.86. The van der Waals surface area contributed by atoms with Crippen molar-refractivity contribution in [2.75, 3.05) is 43.1 Å². The molecule has 0 unspecified atom stereocenters. The topological polar surface area (TPSA) is 67.6 Å². The van der Waals surface area contributed by atoms with E-state index >= 15 is 0 Å². The zero-order chi connectivity index (χ0) is 21.2. The molecule has 31 heavy (non-hydrogen) atoms. The van der Waals surface area contributed by atoms with Crippen LogP contribution in [0.2, 0.25) is 0 Å². The number of ketones is 1. The summed E-state index contributed by atoms with van der Waals surface area (Å²) in [6.45, 7) is 6.18. The van der Waals surface area contributed by atoms with Crippen molar-refractivity contribution in [1.82, 2.24) is 5.16 Å². The zero-order valence-electron chi connectivity index (χ0n) is 18.1. The molecule has 0 saturated carbocycles. The quantitative estimate of drug-likeness (QED) is 0.412. The Balaban J connectivity index is 1.63. The van der Waals surface area contributed by atoms with Gasteiger partial charge in [0.2, 0.25) is 0 Å². The molecule has 0 bridgehead atoms. The molecule has 2 heterocycles. The summed E-state index contributed by atoms with van der Waals surface area (Å²) in [7, 11) is 0. The molecule has 0 amide bonds. The third-order valence-electron chi connectivity index (χ3n) is 6.31. The van der Waals surface area contributed by atoms with Crippen LogP contribution in [-0.2, 0) is 4.74 Å². The first-order valence-corrected chi connectivity index (χ1v) is 11.5. The van der Waals surface area contributed by atoms with E-state index in [9.17, 15) is 4.79 Å². The van der Waals surface area contributed by atoms with E-state index in [1.54, 1.807) is 0 Å². The predicted molar refractivity (Wildman–Crippen MR) is 123 cm³/mol. The number of nitrogens with one attached hydrogen (secondary N) is 1. The molecular formula is C25H29N3O3. The van der Waals surface area contributed by atoms with Crippen molar-refractivity contribution < 1.29 is 14.1 Å². The van der Waals surface area contributed by atoms with Gasteiger partial charge < -0.3 is 19.5 Å². The molecule has 1 aromatic heterocycles. The molecule has 2 aliphatic rings. The number of hydrogen-bond donors (Lipinski definition) is 1.